The van der Waals surface area contributed by atoms with Gasteiger partial charge in [-0.1, -0.05) is 26.7 Å². The van der Waals surface area contributed by atoms with Gasteiger partial charge >= 0.3 is 5.97 Å². The van der Waals surface area contributed by atoms with Crippen molar-refractivity contribution >= 4 is 5.97 Å². The Kier molecular flexibility index (Phi) is 3.53. The third kappa shape index (κ3) is 1.92. The average molecular weight is 200 g/mol. The number of aliphatic hydroxyl groups is 1. The second kappa shape index (κ2) is 4.30. The number of carboxylic acids is 1. The van der Waals surface area contributed by atoms with Gasteiger partial charge in [0.1, 0.15) is 0 Å². The molecule has 1 aliphatic rings. The van der Waals surface area contributed by atoms with Gasteiger partial charge in [0.2, 0.25) is 0 Å². The largest absolute Gasteiger partial charge is 0.479 e. The van der Waals surface area contributed by atoms with Gasteiger partial charge in [-0.05, 0) is 31.1 Å². The summed E-state index contributed by atoms with van der Waals surface area (Å²) in [6.07, 6.45) is 4.19. The predicted octanol–water partition coefficient (Wildman–Crippen LogP) is 2.04. The highest BCUT2D eigenvalue weighted by molar-refractivity contribution is 5.77. The number of carbonyl (C=O) groups is 1. The Morgan fingerprint density at radius 2 is 2.07 bits per heavy atom. The first-order valence-corrected chi connectivity index (χ1v) is 5.50. The molecule has 1 rings (SSSR count). The van der Waals surface area contributed by atoms with E-state index in [1.165, 1.54) is 0 Å². The van der Waals surface area contributed by atoms with Crippen LogP contribution in [0.15, 0.2) is 0 Å². The zero-order valence-electron chi connectivity index (χ0n) is 8.99. The van der Waals surface area contributed by atoms with Crippen LogP contribution >= 0.6 is 0 Å². The minimum Gasteiger partial charge on any atom is -0.479 e. The van der Waals surface area contributed by atoms with Crippen LogP contribution < -0.4 is 0 Å². The first-order chi connectivity index (χ1) is 6.54. The van der Waals surface area contributed by atoms with Gasteiger partial charge in [-0.2, -0.15) is 0 Å². The molecule has 0 saturated heterocycles. The monoisotopic (exact) mass is 200 g/mol. The number of rotatable bonds is 4. The molecule has 0 aliphatic heterocycles. The maximum absolute atomic E-state index is 11.0. The van der Waals surface area contributed by atoms with Gasteiger partial charge in [-0.3, -0.25) is 0 Å². The van der Waals surface area contributed by atoms with E-state index in [0.29, 0.717) is 12.3 Å². The fraction of sp³-hybridized carbons (Fsp3) is 0.909. The molecule has 0 aromatic heterocycles. The van der Waals surface area contributed by atoms with Gasteiger partial charge in [0.15, 0.2) is 5.60 Å². The summed E-state index contributed by atoms with van der Waals surface area (Å²) < 4.78 is 0. The van der Waals surface area contributed by atoms with Crippen molar-refractivity contribution < 1.29 is 15.0 Å². The number of hydrogen-bond donors (Lipinski definition) is 2. The van der Waals surface area contributed by atoms with Gasteiger partial charge in [-0.15, -0.1) is 0 Å². The Bertz CT molecular complexity index is 215. The zero-order valence-corrected chi connectivity index (χ0v) is 8.99. The molecule has 14 heavy (non-hydrogen) atoms. The molecular weight excluding hydrogens is 180 g/mol. The molecule has 1 aliphatic carbocycles. The summed E-state index contributed by atoms with van der Waals surface area (Å²) in [5.41, 5.74) is -1.48. The summed E-state index contributed by atoms with van der Waals surface area (Å²) in [4.78, 5) is 11.0. The van der Waals surface area contributed by atoms with Crippen LogP contribution in [0.5, 0.6) is 0 Å². The van der Waals surface area contributed by atoms with Crippen LogP contribution in [0.1, 0.15) is 46.0 Å². The van der Waals surface area contributed by atoms with E-state index >= 15 is 0 Å². The lowest BCUT2D eigenvalue weighted by molar-refractivity contribution is -0.165. The molecule has 0 radical (unpaired) electrons. The second-order valence-corrected chi connectivity index (χ2v) is 4.37. The Hall–Kier alpha value is -0.570. The highest BCUT2D eigenvalue weighted by Gasteiger charge is 2.45. The Labute approximate surface area is 85.1 Å². The van der Waals surface area contributed by atoms with Crippen molar-refractivity contribution in [2.75, 3.05) is 0 Å². The molecule has 82 valence electrons. The van der Waals surface area contributed by atoms with Crippen molar-refractivity contribution in [3.05, 3.63) is 0 Å². The minimum absolute atomic E-state index is 0.0463. The van der Waals surface area contributed by atoms with Crippen LogP contribution in [-0.2, 0) is 4.79 Å². The Morgan fingerprint density at radius 3 is 2.43 bits per heavy atom. The third-order valence-corrected chi connectivity index (χ3v) is 3.70. The maximum atomic E-state index is 11.0. The van der Waals surface area contributed by atoms with Crippen LogP contribution in [0.2, 0.25) is 0 Å². The Morgan fingerprint density at radius 1 is 1.43 bits per heavy atom. The zero-order chi connectivity index (χ0) is 10.8. The van der Waals surface area contributed by atoms with Crippen LogP contribution in [0.25, 0.3) is 0 Å². The molecule has 0 spiro atoms. The highest BCUT2D eigenvalue weighted by atomic mass is 16.4. The van der Waals surface area contributed by atoms with Gasteiger partial charge in [0.25, 0.3) is 0 Å². The quantitative estimate of drug-likeness (QED) is 0.730. The molecular formula is C11H20O3. The highest BCUT2D eigenvalue weighted by Crippen LogP contribution is 2.40. The van der Waals surface area contributed by atoms with Gasteiger partial charge in [-0.25, -0.2) is 4.79 Å². The molecule has 1 saturated carbocycles. The molecule has 0 bridgehead atoms. The molecule has 0 aromatic rings. The van der Waals surface area contributed by atoms with Crippen LogP contribution in [-0.4, -0.2) is 21.8 Å². The van der Waals surface area contributed by atoms with Crippen molar-refractivity contribution in [3.8, 4) is 0 Å². The van der Waals surface area contributed by atoms with E-state index in [9.17, 15) is 9.90 Å². The van der Waals surface area contributed by atoms with E-state index in [2.05, 4.69) is 6.92 Å². The van der Waals surface area contributed by atoms with E-state index in [4.69, 9.17) is 5.11 Å². The van der Waals surface area contributed by atoms with Crippen LogP contribution in [0, 0.1) is 11.8 Å². The van der Waals surface area contributed by atoms with E-state index < -0.39 is 11.6 Å². The van der Waals surface area contributed by atoms with Gasteiger partial charge < -0.3 is 10.2 Å². The first-order valence-electron chi connectivity index (χ1n) is 5.50. The van der Waals surface area contributed by atoms with E-state index in [1.807, 2.05) is 0 Å². The lowest BCUT2D eigenvalue weighted by Gasteiger charge is -2.28. The standard InChI is InChI=1S/C11H20O3/c1-3-8-5-6-9(7-8)11(14,4-2)10(12)13/h8-9,14H,3-7H2,1-2H3,(H,12,13). The lowest BCUT2D eigenvalue weighted by Crippen LogP contribution is -2.44. The topological polar surface area (TPSA) is 57.5 Å². The molecule has 0 aromatic carbocycles. The molecule has 1 fully saturated rings. The number of aliphatic carboxylic acids is 1. The van der Waals surface area contributed by atoms with E-state index in [1.54, 1.807) is 6.92 Å². The molecule has 2 N–H and O–H groups in total. The average Bonchev–Trinajstić information content (AvgIpc) is 2.64. The van der Waals surface area contributed by atoms with Crippen LogP contribution in [0.4, 0.5) is 0 Å². The van der Waals surface area contributed by atoms with Crippen molar-refractivity contribution in [1.29, 1.82) is 0 Å². The van der Waals surface area contributed by atoms with Crippen LogP contribution in [0.3, 0.4) is 0 Å². The molecule has 0 amide bonds. The minimum atomic E-state index is -1.48. The maximum Gasteiger partial charge on any atom is 0.335 e. The molecule has 3 atom stereocenters. The summed E-state index contributed by atoms with van der Waals surface area (Å²) >= 11 is 0. The molecule has 3 unspecified atom stereocenters. The fourth-order valence-electron chi connectivity index (χ4n) is 2.49. The van der Waals surface area contributed by atoms with Crippen molar-refractivity contribution in [2.24, 2.45) is 11.8 Å². The fourth-order valence-corrected chi connectivity index (χ4v) is 2.49. The van der Waals surface area contributed by atoms with Gasteiger partial charge in [0.05, 0.1) is 0 Å². The lowest BCUT2D eigenvalue weighted by atomic mass is 9.83. The summed E-state index contributed by atoms with van der Waals surface area (Å²) in [6.45, 7) is 3.87. The second-order valence-electron chi connectivity index (χ2n) is 4.37. The summed E-state index contributed by atoms with van der Waals surface area (Å²) in [6, 6.07) is 0. The summed E-state index contributed by atoms with van der Waals surface area (Å²) in [5, 5.41) is 19.0. The molecule has 3 heteroatoms. The van der Waals surface area contributed by atoms with Crippen molar-refractivity contribution in [3.63, 3.8) is 0 Å². The molecule has 3 nitrogen and oxygen atoms in total. The first kappa shape index (κ1) is 11.5. The van der Waals surface area contributed by atoms with E-state index in [0.717, 1.165) is 25.7 Å². The van der Waals surface area contributed by atoms with Gasteiger partial charge in [0, 0.05) is 0 Å². The SMILES string of the molecule is CCC1CCC(C(O)(CC)C(=O)O)C1. The van der Waals surface area contributed by atoms with Crippen molar-refractivity contribution in [2.45, 2.75) is 51.6 Å². The predicted molar refractivity (Wildman–Crippen MR) is 54.0 cm³/mol. The summed E-state index contributed by atoms with van der Waals surface area (Å²) in [5.74, 6) is -0.492. The Balaban J connectivity index is 2.68. The van der Waals surface area contributed by atoms with E-state index in [-0.39, 0.29) is 5.92 Å². The third-order valence-electron chi connectivity index (χ3n) is 3.70. The smallest absolute Gasteiger partial charge is 0.335 e. The number of carboxylic acid groups (broad SMARTS) is 1. The normalized spacial score (nSPS) is 31.4. The molecule has 0 heterocycles. The van der Waals surface area contributed by atoms with Crippen molar-refractivity contribution in [1.82, 2.24) is 0 Å². The number of hydrogen-bond acceptors (Lipinski definition) is 2. The summed E-state index contributed by atoms with van der Waals surface area (Å²) in [7, 11) is 0.